The number of nitrogens with zero attached hydrogens (tertiary/aromatic N) is 2. The number of hydrogen-bond donors (Lipinski definition) is 1. The third-order valence-electron chi connectivity index (χ3n) is 6.01. The van der Waals surface area contributed by atoms with Gasteiger partial charge in [-0.15, -0.1) is 0 Å². The molecule has 0 fully saturated rings. The van der Waals surface area contributed by atoms with Gasteiger partial charge in [-0.2, -0.15) is 0 Å². The Labute approximate surface area is 206 Å². The summed E-state index contributed by atoms with van der Waals surface area (Å²) in [5, 5.41) is 3.69. The summed E-state index contributed by atoms with van der Waals surface area (Å²) in [5.41, 5.74) is 7.16. The molecule has 2 heterocycles. The highest BCUT2D eigenvalue weighted by Gasteiger charge is 2.19. The van der Waals surface area contributed by atoms with Crippen LogP contribution < -0.4 is 14.8 Å². The van der Waals surface area contributed by atoms with E-state index in [0.717, 1.165) is 45.5 Å². The van der Waals surface area contributed by atoms with E-state index in [-0.39, 0.29) is 0 Å². The Morgan fingerprint density at radius 2 is 1.54 bits per heavy atom. The van der Waals surface area contributed by atoms with Gasteiger partial charge in [-0.25, -0.2) is 4.98 Å². The molecule has 0 radical (unpaired) electrons. The minimum atomic E-state index is 0.478. The molecular formula is C30H29N3O2. The van der Waals surface area contributed by atoms with Crippen LogP contribution in [0.1, 0.15) is 23.6 Å². The highest BCUT2D eigenvalue weighted by molar-refractivity contribution is 5.82. The highest BCUT2D eigenvalue weighted by Crippen LogP contribution is 2.36. The fourth-order valence-electron chi connectivity index (χ4n) is 4.22. The van der Waals surface area contributed by atoms with Crippen molar-refractivity contribution in [3.8, 4) is 22.8 Å². The number of rotatable bonds is 8. The number of para-hydroxylation sites is 1. The van der Waals surface area contributed by atoms with E-state index < -0.39 is 0 Å². The van der Waals surface area contributed by atoms with Crippen molar-refractivity contribution >= 4 is 17.2 Å². The molecule has 0 aliphatic rings. The third-order valence-corrected chi connectivity index (χ3v) is 6.01. The SMILES string of the molecule is CCOc1ccc(-c2nc3c(OCc4ccccc4)cccn3c2Nc2c(C)cccc2C)cc1. The van der Waals surface area contributed by atoms with Gasteiger partial charge in [-0.3, -0.25) is 4.40 Å². The van der Waals surface area contributed by atoms with Crippen LogP contribution in [0.4, 0.5) is 11.5 Å². The molecule has 5 rings (SSSR count). The second-order valence-corrected chi connectivity index (χ2v) is 8.50. The van der Waals surface area contributed by atoms with E-state index in [9.17, 15) is 0 Å². The lowest BCUT2D eigenvalue weighted by Gasteiger charge is -2.14. The second kappa shape index (κ2) is 9.94. The number of fused-ring (bicyclic) bond motifs is 1. The number of ether oxygens (including phenoxy) is 2. The molecule has 1 N–H and O–H groups in total. The molecule has 0 spiro atoms. The zero-order valence-corrected chi connectivity index (χ0v) is 20.3. The van der Waals surface area contributed by atoms with E-state index in [0.29, 0.717) is 13.2 Å². The van der Waals surface area contributed by atoms with Crippen LogP contribution in [0.15, 0.2) is 91.1 Å². The van der Waals surface area contributed by atoms with Crippen LogP contribution >= 0.6 is 0 Å². The molecule has 5 aromatic rings. The van der Waals surface area contributed by atoms with E-state index in [1.165, 1.54) is 11.1 Å². The molecule has 35 heavy (non-hydrogen) atoms. The van der Waals surface area contributed by atoms with Gasteiger partial charge in [0.1, 0.15) is 23.9 Å². The van der Waals surface area contributed by atoms with Crippen LogP contribution in [0.3, 0.4) is 0 Å². The van der Waals surface area contributed by atoms with E-state index in [2.05, 4.69) is 53.9 Å². The van der Waals surface area contributed by atoms with Crippen LogP contribution in [0.25, 0.3) is 16.9 Å². The van der Waals surface area contributed by atoms with E-state index >= 15 is 0 Å². The van der Waals surface area contributed by atoms with Gasteiger partial charge in [0.2, 0.25) is 0 Å². The molecule has 0 aliphatic heterocycles. The van der Waals surface area contributed by atoms with Gasteiger partial charge in [-0.1, -0.05) is 48.5 Å². The number of benzene rings is 3. The molecule has 5 heteroatoms. The molecule has 0 bridgehead atoms. The fourth-order valence-corrected chi connectivity index (χ4v) is 4.22. The Hall–Kier alpha value is -4.25. The summed E-state index contributed by atoms with van der Waals surface area (Å²) in [6.45, 7) is 7.33. The van der Waals surface area contributed by atoms with Gasteiger partial charge in [0.25, 0.3) is 0 Å². The number of aromatic nitrogens is 2. The molecule has 2 aromatic heterocycles. The first-order valence-corrected chi connectivity index (χ1v) is 11.9. The van der Waals surface area contributed by atoms with Gasteiger partial charge < -0.3 is 14.8 Å². The van der Waals surface area contributed by atoms with Crippen LogP contribution in [-0.4, -0.2) is 16.0 Å². The molecular weight excluding hydrogens is 434 g/mol. The van der Waals surface area contributed by atoms with Gasteiger partial charge in [0.15, 0.2) is 11.4 Å². The molecule has 5 nitrogen and oxygen atoms in total. The van der Waals surface area contributed by atoms with Crippen LogP contribution in [0.2, 0.25) is 0 Å². The Kier molecular flexibility index (Phi) is 6.40. The predicted octanol–water partition coefficient (Wildman–Crippen LogP) is 7.34. The van der Waals surface area contributed by atoms with Crippen molar-refractivity contribution in [1.29, 1.82) is 0 Å². The zero-order chi connectivity index (χ0) is 24.2. The maximum absolute atomic E-state index is 6.23. The minimum absolute atomic E-state index is 0.478. The molecule has 0 unspecified atom stereocenters. The molecule has 0 saturated carbocycles. The van der Waals surface area contributed by atoms with Crippen molar-refractivity contribution in [1.82, 2.24) is 9.38 Å². The van der Waals surface area contributed by atoms with E-state index in [1.54, 1.807) is 0 Å². The Bertz CT molecular complexity index is 1420. The molecule has 0 amide bonds. The fraction of sp³-hybridized carbons (Fsp3) is 0.167. The van der Waals surface area contributed by atoms with Crippen molar-refractivity contribution in [2.45, 2.75) is 27.4 Å². The van der Waals surface area contributed by atoms with Gasteiger partial charge in [-0.05, 0) is 73.9 Å². The topological polar surface area (TPSA) is 47.8 Å². The van der Waals surface area contributed by atoms with Crippen molar-refractivity contribution in [3.63, 3.8) is 0 Å². The number of imidazole rings is 1. The van der Waals surface area contributed by atoms with Crippen molar-refractivity contribution in [3.05, 3.63) is 108 Å². The smallest absolute Gasteiger partial charge is 0.181 e. The van der Waals surface area contributed by atoms with Gasteiger partial charge in [0, 0.05) is 17.4 Å². The summed E-state index contributed by atoms with van der Waals surface area (Å²) in [6, 6.07) is 28.5. The van der Waals surface area contributed by atoms with Gasteiger partial charge in [0.05, 0.1) is 6.61 Å². The number of anilines is 2. The lowest BCUT2D eigenvalue weighted by atomic mass is 10.1. The Morgan fingerprint density at radius 3 is 2.26 bits per heavy atom. The zero-order valence-electron chi connectivity index (χ0n) is 20.3. The second-order valence-electron chi connectivity index (χ2n) is 8.50. The molecule has 0 saturated heterocycles. The van der Waals surface area contributed by atoms with Crippen LogP contribution in [-0.2, 0) is 6.61 Å². The molecule has 0 aliphatic carbocycles. The minimum Gasteiger partial charge on any atom is -0.494 e. The molecule has 176 valence electrons. The van der Waals surface area contributed by atoms with Crippen LogP contribution in [0.5, 0.6) is 11.5 Å². The molecule has 3 aromatic carbocycles. The lowest BCUT2D eigenvalue weighted by molar-refractivity contribution is 0.308. The number of nitrogens with one attached hydrogen (secondary N) is 1. The summed E-state index contributed by atoms with van der Waals surface area (Å²) >= 11 is 0. The maximum atomic E-state index is 6.23. The Balaban J connectivity index is 1.61. The number of hydrogen-bond acceptors (Lipinski definition) is 4. The Morgan fingerprint density at radius 1 is 0.800 bits per heavy atom. The summed E-state index contributed by atoms with van der Waals surface area (Å²) < 4.78 is 13.9. The van der Waals surface area contributed by atoms with Crippen molar-refractivity contribution in [2.75, 3.05) is 11.9 Å². The lowest BCUT2D eigenvalue weighted by Crippen LogP contribution is -2.01. The van der Waals surface area contributed by atoms with Crippen LogP contribution in [0, 0.1) is 13.8 Å². The average Bonchev–Trinajstić information content (AvgIpc) is 3.25. The van der Waals surface area contributed by atoms with E-state index in [4.69, 9.17) is 14.5 Å². The van der Waals surface area contributed by atoms with Gasteiger partial charge >= 0.3 is 0 Å². The summed E-state index contributed by atoms with van der Waals surface area (Å²) in [6.07, 6.45) is 2.02. The first-order valence-electron chi connectivity index (χ1n) is 11.9. The summed E-state index contributed by atoms with van der Waals surface area (Å²) in [4.78, 5) is 5.06. The standard InChI is InChI=1S/C30H29N3O2/c1-4-34-25-17-15-24(16-18-25)28-30(31-27-21(2)10-8-11-22(27)3)33-19-9-14-26(29(33)32-28)35-20-23-12-6-5-7-13-23/h5-19,31H,4,20H2,1-3H3. The average molecular weight is 464 g/mol. The monoisotopic (exact) mass is 463 g/mol. The normalized spacial score (nSPS) is 10.9. The number of pyridine rings is 1. The largest absolute Gasteiger partial charge is 0.494 e. The van der Waals surface area contributed by atoms with E-state index in [1.807, 2.05) is 67.7 Å². The first-order chi connectivity index (χ1) is 17.1. The predicted molar refractivity (Wildman–Crippen MR) is 142 cm³/mol. The first kappa shape index (κ1) is 22.5. The third kappa shape index (κ3) is 4.71. The summed E-state index contributed by atoms with van der Waals surface area (Å²) in [5.74, 6) is 2.47. The quantitative estimate of drug-likeness (QED) is 0.261. The maximum Gasteiger partial charge on any atom is 0.181 e. The van der Waals surface area contributed by atoms with Crippen molar-refractivity contribution in [2.24, 2.45) is 0 Å². The highest BCUT2D eigenvalue weighted by atomic mass is 16.5. The van der Waals surface area contributed by atoms with Crippen molar-refractivity contribution < 1.29 is 9.47 Å². The number of aryl methyl sites for hydroxylation is 2. The summed E-state index contributed by atoms with van der Waals surface area (Å²) in [7, 11) is 0. The molecule has 0 atom stereocenters.